The van der Waals surface area contributed by atoms with Crippen LogP contribution in [0.1, 0.15) is 11.1 Å². The summed E-state index contributed by atoms with van der Waals surface area (Å²) in [6.07, 6.45) is 0.679. The van der Waals surface area contributed by atoms with Crippen molar-refractivity contribution in [2.45, 2.75) is 18.6 Å². The van der Waals surface area contributed by atoms with E-state index >= 15 is 0 Å². The maximum Gasteiger partial charge on any atom is 0.242 e. The third-order valence-electron chi connectivity index (χ3n) is 3.40. The van der Waals surface area contributed by atoms with E-state index in [2.05, 4.69) is 6.07 Å². The number of thioether (sulfide) groups is 1. The molecule has 0 aliphatic carbocycles. The van der Waals surface area contributed by atoms with Gasteiger partial charge in [0.2, 0.25) is 5.91 Å². The summed E-state index contributed by atoms with van der Waals surface area (Å²) >= 11 is 6.75. The summed E-state index contributed by atoms with van der Waals surface area (Å²) in [5, 5.41) is -0.137. The Morgan fingerprint density at radius 1 is 1.38 bits per heavy atom. The summed E-state index contributed by atoms with van der Waals surface area (Å²) in [6, 6.07) is 6.00. The van der Waals surface area contributed by atoms with E-state index in [9.17, 15) is 4.79 Å². The van der Waals surface area contributed by atoms with Crippen molar-refractivity contribution in [3.05, 3.63) is 29.3 Å². The van der Waals surface area contributed by atoms with E-state index < -0.39 is 0 Å². The minimum absolute atomic E-state index is 0.0792. The van der Waals surface area contributed by atoms with E-state index in [1.165, 1.54) is 11.8 Å². The molecule has 1 fully saturated rings. The molecule has 0 spiro atoms. The maximum atomic E-state index is 12.4. The highest BCUT2D eigenvalue weighted by molar-refractivity contribution is 8.24. The first-order chi connectivity index (χ1) is 10.1. The van der Waals surface area contributed by atoms with E-state index in [4.69, 9.17) is 21.7 Å². The predicted molar refractivity (Wildman–Crippen MR) is 89.0 cm³/mol. The summed E-state index contributed by atoms with van der Waals surface area (Å²) in [7, 11) is 3.28. The Kier molecular flexibility index (Phi) is 5.61. The van der Waals surface area contributed by atoms with Crippen molar-refractivity contribution in [3.63, 3.8) is 0 Å². The van der Waals surface area contributed by atoms with Gasteiger partial charge in [-0.15, -0.1) is 0 Å². The third-order valence-corrected chi connectivity index (χ3v) is 4.99. The van der Waals surface area contributed by atoms with E-state index in [-0.39, 0.29) is 11.2 Å². The molecule has 1 heterocycles. The largest absolute Gasteiger partial charge is 0.496 e. The van der Waals surface area contributed by atoms with Gasteiger partial charge in [0.15, 0.2) is 0 Å². The molecule has 114 valence electrons. The molecule has 0 saturated carbocycles. The molecule has 0 aromatic heterocycles. The second-order valence-corrected chi connectivity index (χ2v) is 6.70. The Morgan fingerprint density at radius 2 is 2.14 bits per heavy atom. The average Bonchev–Trinajstić information content (AvgIpc) is 2.72. The topological polar surface area (TPSA) is 38.8 Å². The Balaban J connectivity index is 2.05. The number of hydrogen-bond acceptors (Lipinski definition) is 5. The van der Waals surface area contributed by atoms with Crippen LogP contribution in [0.3, 0.4) is 0 Å². The molecule has 0 N–H and O–H groups in total. The van der Waals surface area contributed by atoms with Gasteiger partial charge in [0, 0.05) is 7.11 Å². The number of aryl methyl sites for hydroxylation is 1. The fourth-order valence-corrected chi connectivity index (χ4v) is 3.88. The Hall–Kier alpha value is -1.11. The number of methoxy groups -OCH3 is 2. The zero-order chi connectivity index (χ0) is 15.4. The van der Waals surface area contributed by atoms with Gasteiger partial charge >= 0.3 is 0 Å². The minimum atomic E-state index is -0.137. The van der Waals surface area contributed by atoms with Gasteiger partial charge in [-0.2, -0.15) is 0 Å². The molecule has 0 bridgehead atoms. The lowest BCUT2D eigenvalue weighted by Gasteiger charge is -2.15. The molecule has 0 unspecified atom stereocenters. The highest BCUT2D eigenvalue weighted by Gasteiger charge is 2.36. The van der Waals surface area contributed by atoms with Crippen LogP contribution in [-0.2, 0) is 16.0 Å². The summed E-state index contributed by atoms with van der Waals surface area (Å²) in [6.45, 7) is 3.03. The summed E-state index contributed by atoms with van der Waals surface area (Å²) in [5.74, 6) is 0.942. The Bertz CT molecular complexity index is 548. The van der Waals surface area contributed by atoms with Gasteiger partial charge in [-0.05, 0) is 30.5 Å². The highest BCUT2D eigenvalue weighted by Crippen LogP contribution is 2.30. The standard InChI is InChI=1S/C15H19NO3S2/c1-10-8-11(4-5-12(10)19-3)9-13-14(17)16(6-7-18-2)15(20)21-13/h4-5,8,13H,6-7,9H2,1-3H3/t13-/m1/s1. The molecule has 4 nitrogen and oxygen atoms in total. The minimum Gasteiger partial charge on any atom is -0.496 e. The smallest absolute Gasteiger partial charge is 0.242 e. The molecule has 2 rings (SSSR count). The summed E-state index contributed by atoms with van der Waals surface area (Å²) < 4.78 is 10.9. The molecule has 1 aliphatic rings. The lowest BCUT2D eigenvalue weighted by Crippen LogP contribution is -2.34. The first kappa shape index (κ1) is 16.3. The molecule has 0 radical (unpaired) electrons. The van der Waals surface area contributed by atoms with E-state index in [1.54, 1.807) is 19.1 Å². The molecule has 1 aliphatic heterocycles. The van der Waals surface area contributed by atoms with Crippen LogP contribution in [0, 0.1) is 6.92 Å². The molecule has 1 aromatic carbocycles. The Morgan fingerprint density at radius 3 is 2.76 bits per heavy atom. The fraction of sp³-hybridized carbons (Fsp3) is 0.467. The van der Waals surface area contributed by atoms with Crippen molar-refractivity contribution in [1.29, 1.82) is 0 Å². The highest BCUT2D eigenvalue weighted by atomic mass is 32.2. The fourth-order valence-electron chi connectivity index (χ4n) is 2.29. The molecular formula is C15H19NO3S2. The molecule has 1 atom stereocenters. The van der Waals surface area contributed by atoms with E-state index in [0.29, 0.717) is 23.9 Å². The number of thiocarbonyl (C=S) groups is 1. The molecule has 1 amide bonds. The molecule has 21 heavy (non-hydrogen) atoms. The molecule has 1 aromatic rings. The van der Waals surface area contributed by atoms with Crippen LogP contribution >= 0.6 is 24.0 Å². The maximum absolute atomic E-state index is 12.4. The normalized spacial score (nSPS) is 18.4. The predicted octanol–water partition coefficient (Wildman–Crippen LogP) is 2.42. The zero-order valence-corrected chi connectivity index (χ0v) is 14.1. The summed E-state index contributed by atoms with van der Waals surface area (Å²) in [4.78, 5) is 14.0. The monoisotopic (exact) mass is 325 g/mol. The quantitative estimate of drug-likeness (QED) is 0.751. The summed E-state index contributed by atoms with van der Waals surface area (Å²) in [5.41, 5.74) is 2.19. The Labute approximate surface area is 134 Å². The average molecular weight is 325 g/mol. The molecule has 6 heteroatoms. The number of ether oxygens (including phenoxy) is 2. The van der Waals surface area contributed by atoms with Crippen LogP contribution in [0.4, 0.5) is 0 Å². The van der Waals surface area contributed by atoms with Crippen LogP contribution in [0.2, 0.25) is 0 Å². The zero-order valence-electron chi connectivity index (χ0n) is 12.4. The van der Waals surface area contributed by atoms with Crippen LogP contribution in [0.5, 0.6) is 5.75 Å². The van der Waals surface area contributed by atoms with Crippen molar-refractivity contribution < 1.29 is 14.3 Å². The number of rotatable bonds is 6. The van der Waals surface area contributed by atoms with Gasteiger partial charge in [-0.25, -0.2) is 0 Å². The third kappa shape index (κ3) is 3.75. The lowest BCUT2D eigenvalue weighted by atomic mass is 10.1. The van der Waals surface area contributed by atoms with Crippen molar-refractivity contribution in [3.8, 4) is 5.75 Å². The van der Waals surface area contributed by atoms with Gasteiger partial charge in [-0.1, -0.05) is 36.1 Å². The number of nitrogens with zero attached hydrogens (tertiary/aromatic N) is 1. The van der Waals surface area contributed by atoms with Crippen LogP contribution in [-0.4, -0.2) is 47.7 Å². The van der Waals surface area contributed by atoms with Crippen molar-refractivity contribution in [1.82, 2.24) is 4.90 Å². The van der Waals surface area contributed by atoms with E-state index in [1.807, 2.05) is 19.1 Å². The van der Waals surface area contributed by atoms with Gasteiger partial charge < -0.3 is 9.47 Å². The molecule has 1 saturated heterocycles. The van der Waals surface area contributed by atoms with E-state index in [0.717, 1.165) is 16.9 Å². The van der Waals surface area contributed by atoms with Crippen LogP contribution < -0.4 is 4.74 Å². The van der Waals surface area contributed by atoms with Gasteiger partial charge in [0.25, 0.3) is 0 Å². The van der Waals surface area contributed by atoms with Crippen LogP contribution in [0.25, 0.3) is 0 Å². The first-order valence-electron chi connectivity index (χ1n) is 6.71. The van der Waals surface area contributed by atoms with Gasteiger partial charge in [-0.3, -0.25) is 9.69 Å². The molecular weight excluding hydrogens is 306 g/mol. The first-order valence-corrected chi connectivity index (χ1v) is 8.00. The SMILES string of the molecule is COCCN1C(=O)[C@@H](Cc2ccc(OC)c(C)c2)SC1=S. The second kappa shape index (κ2) is 7.24. The number of carbonyl (C=O) groups excluding carboxylic acids is 1. The van der Waals surface area contributed by atoms with Crippen LogP contribution in [0.15, 0.2) is 18.2 Å². The second-order valence-electron chi connectivity index (χ2n) is 4.86. The lowest BCUT2D eigenvalue weighted by molar-refractivity contribution is -0.126. The number of benzene rings is 1. The van der Waals surface area contributed by atoms with Crippen molar-refractivity contribution >= 4 is 34.2 Å². The van der Waals surface area contributed by atoms with Gasteiger partial charge in [0.1, 0.15) is 10.1 Å². The van der Waals surface area contributed by atoms with Gasteiger partial charge in [0.05, 0.1) is 25.5 Å². The van der Waals surface area contributed by atoms with Crippen molar-refractivity contribution in [2.24, 2.45) is 0 Å². The number of amides is 1. The number of carbonyl (C=O) groups is 1. The number of hydrogen-bond donors (Lipinski definition) is 0. The van der Waals surface area contributed by atoms with Crippen molar-refractivity contribution in [2.75, 3.05) is 27.4 Å².